The van der Waals surface area contributed by atoms with Crippen LogP contribution in [0.5, 0.6) is 0 Å². The highest BCUT2D eigenvalue weighted by atomic mass is 16.5. The van der Waals surface area contributed by atoms with Crippen molar-refractivity contribution in [1.29, 1.82) is 0 Å². The normalized spacial score (nSPS) is 14.2. The molecule has 2 rings (SSSR count). The number of fused-ring (bicyclic) bond motifs is 1. The molecular formula is C18H26N2O. The molecule has 0 aliphatic carbocycles. The van der Waals surface area contributed by atoms with Crippen LogP contribution in [0.15, 0.2) is 36.4 Å². The van der Waals surface area contributed by atoms with Gasteiger partial charge in [0.25, 0.3) is 0 Å². The number of nitrogens with zero attached hydrogens (tertiary/aromatic N) is 1. The van der Waals surface area contributed by atoms with Gasteiger partial charge in [-0.15, -0.1) is 0 Å². The van der Waals surface area contributed by atoms with Gasteiger partial charge in [0.1, 0.15) is 0 Å². The fraction of sp³-hybridized carbons (Fsp3) is 0.500. The van der Waals surface area contributed by atoms with E-state index < -0.39 is 0 Å². The molecule has 0 aliphatic heterocycles. The highest BCUT2D eigenvalue weighted by molar-refractivity contribution is 5.78. The van der Waals surface area contributed by atoms with Gasteiger partial charge < -0.3 is 10.1 Å². The second-order valence-corrected chi connectivity index (χ2v) is 5.58. The predicted molar refractivity (Wildman–Crippen MR) is 88.6 cm³/mol. The molecule has 0 radical (unpaired) electrons. The first-order valence-electron chi connectivity index (χ1n) is 7.83. The second-order valence-electron chi connectivity index (χ2n) is 5.58. The van der Waals surface area contributed by atoms with Crippen LogP contribution >= 0.6 is 0 Å². The molecule has 0 fully saturated rings. The maximum atomic E-state index is 5.34. The van der Waals surface area contributed by atoms with Crippen LogP contribution in [0.2, 0.25) is 0 Å². The zero-order valence-electron chi connectivity index (χ0n) is 13.3. The highest BCUT2D eigenvalue weighted by Crippen LogP contribution is 2.14. The van der Waals surface area contributed by atoms with E-state index >= 15 is 0 Å². The lowest BCUT2D eigenvalue weighted by molar-refractivity contribution is 0.106. The predicted octanol–water partition coefficient (Wildman–Crippen LogP) is 3.57. The number of ether oxygens (including phenoxy) is 1. The van der Waals surface area contributed by atoms with Crippen molar-refractivity contribution in [1.82, 2.24) is 10.3 Å². The van der Waals surface area contributed by atoms with Gasteiger partial charge in [-0.05, 0) is 38.4 Å². The van der Waals surface area contributed by atoms with E-state index in [1.807, 2.05) is 6.07 Å². The molecule has 21 heavy (non-hydrogen) atoms. The summed E-state index contributed by atoms with van der Waals surface area (Å²) in [6, 6.07) is 13.0. The third kappa shape index (κ3) is 4.80. The summed E-state index contributed by atoms with van der Waals surface area (Å²) >= 11 is 0. The van der Waals surface area contributed by atoms with E-state index in [-0.39, 0.29) is 0 Å². The number of pyridine rings is 1. The molecule has 114 valence electrons. The van der Waals surface area contributed by atoms with E-state index in [1.54, 1.807) is 7.11 Å². The minimum Gasteiger partial charge on any atom is -0.382 e. The number of hydrogen-bond donors (Lipinski definition) is 1. The standard InChI is InChI=1S/C18H26N2O/c1-4-19-16(11-9-14(2)21-3)13-17-12-10-15-7-5-6-8-18(15)20-17/h5-8,10,12,14,16,19H,4,9,11,13H2,1-3H3. The van der Waals surface area contributed by atoms with Crippen molar-refractivity contribution < 1.29 is 4.74 Å². The summed E-state index contributed by atoms with van der Waals surface area (Å²) in [4.78, 5) is 4.77. The van der Waals surface area contributed by atoms with Crippen molar-refractivity contribution in [3.05, 3.63) is 42.1 Å². The van der Waals surface area contributed by atoms with Gasteiger partial charge in [0, 0.05) is 30.7 Å². The largest absolute Gasteiger partial charge is 0.382 e. The number of hydrogen-bond acceptors (Lipinski definition) is 3. The van der Waals surface area contributed by atoms with E-state index in [1.165, 1.54) is 5.39 Å². The van der Waals surface area contributed by atoms with Crippen LogP contribution in [0.3, 0.4) is 0 Å². The van der Waals surface area contributed by atoms with Gasteiger partial charge in [0.15, 0.2) is 0 Å². The molecule has 2 unspecified atom stereocenters. The third-order valence-electron chi connectivity index (χ3n) is 3.93. The Kier molecular flexibility index (Phi) is 6.15. The molecule has 0 saturated carbocycles. The van der Waals surface area contributed by atoms with Crippen LogP contribution in [-0.2, 0) is 11.2 Å². The van der Waals surface area contributed by atoms with Crippen LogP contribution < -0.4 is 5.32 Å². The summed E-state index contributed by atoms with van der Waals surface area (Å²) in [5, 5.41) is 4.77. The number of rotatable bonds is 8. The van der Waals surface area contributed by atoms with Gasteiger partial charge in [-0.25, -0.2) is 0 Å². The Morgan fingerprint density at radius 1 is 1.14 bits per heavy atom. The molecule has 1 aromatic carbocycles. The number of benzene rings is 1. The van der Waals surface area contributed by atoms with Gasteiger partial charge in [-0.2, -0.15) is 0 Å². The first-order chi connectivity index (χ1) is 10.2. The van der Waals surface area contributed by atoms with Gasteiger partial charge in [0.05, 0.1) is 11.6 Å². The van der Waals surface area contributed by atoms with E-state index in [2.05, 4.69) is 49.5 Å². The van der Waals surface area contributed by atoms with Gasteiger partial charge in [-0.1, -0.05) is 31.2 Å². The van der Waals surface area contributed by atoms with Crippen molar-refractivity contribution in [2.75, 3.05) is 13.7 Å². The van der Waals surface area contributed by atoms with Crippen LogP contribution in [0.4, 0.5) is 0 Å². The van der Waals surface area contributed by atoms with E-state index in [4.69, 9.17) is 9.72 Å². The third-order valence-corrected chi connectivity index (χ3v) is 3.93. The summed E-state index contributed by atoms with van der Waals surface area (Å²) in [5.74, 6) is 0. The lowest BCUT2D eigenvalue weighted by Gasteiger charge is -2.19. The maximum Gasteiger partial charge on any atom is 0.0705 e. The van der Waals surface area contributed by atoms with Gasteiger partial charge in [-0.3, -0.25) is 4.98 Å². The number of likely N-dealkylation sites (N-methyl/N-ethyl adjacent to an activating group) is 1. The molecule has 0 bridgehead atoms. The zero-order chi connectivity index (χ0) is 15.1. The Balaban J connectivity index is 2.03. The SMILES string of the molecule is CCNC(CCC(C)OC)Cc1ccc2ccccc2n1. The van der Waals surface area contributed by atoms with Crippen molar-refractivity contribution in [3.63, 3.8) is 0 Å². The topological polar surface area (TPSA) is 34.1 Å². The van der Waals surface area contributed by atoms with Crippen LogP contribution in [0.1, 0.15) is 32.4 Å². The van der Waals surface area contributed by atoms with Crippen molar-refractivity contribution in [2.45, 2.75) is 45.3 Å². The monoisotopic (exact) mass is 286 g/mol. The van der Waals surface area contributed by atoms with Crippen molar-refractivity contribution in [2.24, 2.45) is 0 Å². The fourth-order valence-corrected chi connectivity index (χ4v) is 2.59. The minimum absolute atomic E-state index is 0.315. The molecular weight excluding hydrogens is 260 g/mol. The maximum absolute atomic E-state index is 5.34. The molecule has 3 heteroatoms. The van der Waals surface area contributed by atoms with Crippen molar-refractivity contribution in [3.8, 4) is 0 Å². The number of nitrogens with one attached hydrogen (secondary N) is 1. The van der Waals surface area contributed by atoms with Gasteiger partial charge >= 0.3 is 0 Å². The second kappa shape index (κ2) is 8.11. The Hall–Kier alpha value is -1.45. The average Bonchev–Trinajstić information content (AvgIpc) is 2.52. The summed E-state index contributed by atoms with van der Waals surface area (Å²) in [7, 11) is 1.78. The summed E-state index contributed by atoms with van der Waals surface area (Å²) < 4.78 is 5.34. The fourth-order valence-electron chi connectivity index (χ4n) is 2.59. The molecule has 1 N–H and O–H groups in total. The molecule has 0 aliphatic rings. The first-order valence-corrected chi connectivity index (χ1v) is 7.83. The molecule has 0 amide bonds. The van der Waals surface area contributed by atoms with Crippen molar-refractivity contribution >= 4 is 10.9 Å². The smallest absolute Gasteiger partial charge is 0.0705 e. The Morgan fingerprint density at radius 3 is 2.71 bits per heavy atom. The number of methoxy groups -OCH3 is 1. The number of aromatic nitrogens is 1. The minimum atomic E-state index is 0.315. The number of para-hydroxylation sites is 1. The molecule has 0 spiro atoms. The van der Waals surface area contributed by atoms with Crippen LogP contribution in [-0.4, -0.2) is 30.8 Å². The van der Waals surface area contributed by atoms with Crippen LogP contribution in [0.25, 0.3) is 10.9 Å². The molecule has 1 heterocycles. The van der Waals surface area contributed by atoms with Crippen LogP contribution in [0, 0.1) is 0 Å². The van der Waals surface area contributed by atoms with E-state index in [0.717, 1.165) is 37.0 Å². The Bertz CT molecular complexity index is 556. The molecule has 3 nitrogen and oxygen atoms in total. The summed E-state index contributed by atoms with van der Waals surface area (Å²) in [6.45, 7) is 5.26. The average molecular weight is 286 g/mol. The summed E-state index contributed by atoms with van der Waals surface area (Å²) in [5.41, 5.74) is 2.24. The lowest BCUT2D eigenvalue weighted by atomic mass is 10.0. The summed E-state index contributed by atoms with van der Waals surface area (Å²) in [6.07, 6.45) is 3.46. The van der Waals surface area contributed by atoms with E-state index in [9.17, 15) is 0 Å². The molecule has 1 aromatic heterocycles. The first kappa shape index (κ1) is 15.9. The quantitative estimate of drug-likeness (QED) is 0.805. The van der Waals surface area contributed by atoms with Gasteiger partial charge in [0.2, 0.25) is 0 Å². The lowest BCUT2D eigenvalue weighted by Crippen LogP contribution is -2.32. The molecule has 0 saturated heterocycles. The Morgan fingerprint density at radius 2 is 1.95 bits per heavy atom. The highest BCUT2D eigenvalue weighted by Gasteiger charge is 2.11. The zero-order valence-corrected chi connectivity index (χ0v) is 13.3. The molecule has 2 atom stereocenters. The Labute approximate surface area is 127 Å². The molecule has 2 aromatic rings. The van der Waals surface area contributed by atoms with E-state index in [0.29, 0.717) is 12.1 Å².